The molecule has 7 heteroatoms. The predicted octanol–water partition coefficient (Wildman–Crippen LogP) is 0.446. The van der Waals surface area contributed by atoms with Crippen LogP contribution in [-0.4, -0.2) is 54.2 Å². The minimum Gasteiger partial charge on any atom is -0.481 e. The van der Waals surface area contributed by atoms with Crippen molar-refractivity contribution >= 4 is 18.0 Å². The van der Waals surface area contributed by atoms with Crippen LogP contribution in [0.4, 0.5) is 4.79 Å². The number of hydrogen-bond donors (Lipinski definition) is 2. The molecule has 1 unspecified atom stereocenters. The van der Waals surface area contributed by atoms with Crippen molar-refractivity contribution in [3.05, 3.63) is 0 Å². The highest BCUT2D eigenvalue weighted by atomic mass is 16.5. The molecule has 1 aliphatic heterocycles. The highest BCUT2D eigenvalue weighted by Gasteiger charge is 2.25. The smallest absolute Gasteiger partial charge is 0.325 e. The Labute approximate surface area is 111 Å². The Kier molecular flexibility index (Phi) is 6.11. The van der Waals surface area contributed by atoms with Crippen LogP contribution >= 0.6 is 0 Å². The Morgan fingerprint density at radius 2 is 2.16 bits per heavy atom. The van der Waals surface area contributed by atoms with E-state index >= 15 is 0 Å². The number of likely N-dealkylation sites (tertiary alicyclic amines) is 1. The van der Waals surface area contributed by atoms with Crippen LogP contribution in [0.2, 0.25) is 0 Å². The maximum atomic E-state index is 11.8. The molecular weight excluding hydrogens is 252 g/mol. The third kappa shape index (κ3) is 5.58. The van der Waals surface area contributed by atoms with Crippen molar-refractivity contribution in [1.29, 1.82) is 0 Å². The molecule has 1 rings (SSSR count). The maximum Gasteiger partial charge on any atom is 0.325 e. The fourth-order valence-corrected chi connectivity index (χ4v) is 2.13. The van der Waals surface area contributed by atoms with Crippen molar-refractivity contribution in [3.8, 4) is 0 Å². The third-order valence-electron chi connectivity index (χ3n) is 2.96. The number of nitrogens with zero attached hydrogens (tertiary/aromatic N) is 1. The number of piperidine rings is 1. The molecule has 0 aromatic carbocycles. The number of carbonyl (C=O) groups is 3. The van der Waals surface area contributed by atoms with Crippen LogP contribution in [0.15, 0.2) is 0 Å². The van der Waals surface area contributed by atoms with Crippen molar-refractivity contribution in [2.45, 2.75) is 26.2 Å². The van der Waals surface area contributed by atoms with E-state index in [1.165, 1.54) is 0 Å². The van der Waals surface area contributed by atoms with Crippen LogP contribution in [0.25, 0.3) is 0 Å². The van der Waals surface area contributed by atoms with E-state index in [0.717, 1.165) is 12.8 Å². The number of carboxylic acid groups (broad SMARTS) is 1. The van der Waals surface area contributed by atoms with Crippen LogP contribution in [0.3, 0.4) is 0 Å². The van der Waals surface area contributed by atoms with Crippen molar-refractivity contribution in [1.82, 2.24) is 10.2 Å². The number of nitrogens with one attached hydrogen (secondary N) is 1. The molecule has 1 heterocycles. The Bertz CT molecular complexity index is 345. The lowest BCUT2D eigenvalue weighted by molar-refractivity contribution is -0.142. The number of ether oxygens (including phenoxy) is 1. The molecule has 0 spiro atoms. The average molecular weight is 272 g/mol. The highest BCUT2D eigenvalue weighted by Crippen LogP contribution is 2.19. The van der Waals surface area contributed by atoms with Crippen molar-refractivity contribution in [2.75, 3.05) is 26.2 Å². The van der Waals surface area contributed by atoms with E-state index < -0.39 is 11.9 Å². The van der Waals surface area contributed by atoms with Crippen LogP contribution in [0.1, 0.15) is 26.2 Å². The van der Waals surface area contributed by atoms with Gasteiger partial charge in [0.25, 0.3) is 0 Å². The van der Waals surface area contributed by atoms with Crippen LogP contribution in [-0.2, 0) is 14.3 Å². The summed E-state index contributed by atoms with van der Waals surface area (Å²) in [6, 6.07) is -0.344. The first-order valence-electron chi connectivity index (χ1n) is 6.43. The number of amides is 2. The standard InChI is InChI=1S/C12H20N2O5/c1-2-19-11(17)7-13-12(18)14-5-3-4-9(8-14)6-10(15)16/h9H,2-8H2,1H3,(H,13,18)(H,15,16). The molecule has 108 valence electrons. The fraction of sp³-hybridized carbons (Fsp3) is 0.750. The molecule has 2 amide bonds. The number of urea groups is 1. The summed E-state index contributed by atoms with van der Waals surface area (Å²) in [6.45, 7) is 2.82. The SMILES string of the molecule is CCOC(=O)CNC(=O)N1CCCC(CC(=O)O)C1. The van der Waals surface area contributed by atoms with Gasteiger partial charge in [-0.3, -0.25) is 9.59 Å². The second kappa shape index (κ2) is 7.60. The molecule has 1 saturated heterocycles. The van der Waals surface area contributed by atoms with Gasteiger partial charge < -0.3 is 20.1 Å². The Morgan fingerprint density at radius 3 is 2.79 bits per heavy atom. The third-order valence-corrected chi connectivity index (χ3v) is 2.96. The van der Waals surface area contributed by atoms with Crippen LogP contribution in [0.5, 0.6) is 0 Å². The van der Waals surface area contributed by atoms with Gasteiger partial charge in [0.2, 0.25) is 0 Å². The molecule has 0 saturated carbocycles. The van der Waals surface area contributed by atoms with Crippen molar-refractivity contribution in [3.63, 3.8) is 0 Å². The summed E-state index contributed by atoms with van der Waals surface area (Å²) in [5.74, 6) is -1.34. The van der Waals surface area contributed by atoms with Gasteiger partial charge in [-0.2, -0.15) is 0 Å². The molecule has 1 atom stereocenters. The Hall–Kier alpha value is -1.79. The molecule has 0 aromatic rings. The zero-order valence-electron chi connectivity index (χ0n) is 11.1. The van der Waals surface area contributed by atoms with Crippen molar-refractivity contribution in [2.24, 2.45) is 5.92 Å². The van der Waals surface area contributed by atoms with Gasteiger partial charge in [0.1, 0.15) is 6.54 Å². The first-order valence-corrected chi connectivity index (χ1v) is 6.43. The topological polar surface area (TPSA) is 95.9 Å². The normalized spacial score (nSPS) is 18.8. The summed E-state index contributed by atoms with van der Waals surface area (Å²) in [7, 11) is 0. The van der Waals surface area contributed by atoms with E-state index in [9.17, 15) is 14.4 Å². The van der Waals surface area contributed by atoms with E-state index in [1.807, 2.05) is 0 Å². The fourth-order valence-electron chi connectivity index (χ4n) is 2.13. The van der Waals surface area contributed by atoms with Crippen LogP contribution < -0.4 is 5.32 Å². The molecule has 0 aliphatic carbocycles. The summed E-state index contributed by atoms with van der Waals surface area (Å²) in [5, 5.41) is 11.2. The van der Waals surface area contributed by atoms with E-state index in [-0.39, 0.29) is 31.5 Å². The molecule has 1 fully saturated rings. The number of rotatable bonds is 5. The van der Waals surface area contributed by atoms with E-state index in [1.54, 1.807) is 11.8 Å². The summed E-state index contributed by atoms with van der Waals surface area (Å²) >= 11 is 0. The summed E-state index contributed by atoms with van der Waals surface area (Å²) in [5.41, 5.74) is 0. The number of carboxylic acids is 1. The summed E-state index contributed by atoms with van der Waals surface area (Å²) < 4.78 is 4.70. The maximum absolute atomic E-state index is 11.8. The highest BCUT2D eigenvalue weighted by molar-refractivity contribution is 5.81. The van der Waals surface area contributed by atoms with Crippen LogP contribution in [0, 0.1) is 5.92 Å². The average Bonchev–Trinajstić information content (AvgIpc) is 2.36. The van der Waals surface area contributed by atoms with Gasteiger partial charge in [0, 0.05) is 19.5 Å². The number of esters is 1. The van der Waals surface area contributed by atoms with Gasteiger partial charge in [-0.15, -0.1) is 0 Å². The molecule has 19 heavy (non-hydrogen) atoms. The van der Waals surface area contributed by atoms with Gasteiger partial charge in [-0.25, -0.2) is 4.79 Å². The van der Waals surface area contributed by atoms with Gasteiger partial charge >= 0.3 is 18.0 Å². The summed E-state index contributed by atoms with van der Waals surface area (Å²) in [4.78, 5) is 35.1. The molecule has 2 N–H and O–H groups in total. The first kappa shape index (κ1) is 15.3. The quantitative estimate of drug-likeness (QED) is 0.708. The lowest BCUT2D eigenvalue weighted by atomic mass is 9.95. The second-order valence-electron chi connectivity index (χ2n) is 4.52. The second-order valence-corrected chi connectivity index (χ2v) is 4.52. The minimum atomic E-state index is -0.848. The molecule has 1 aliphatic rings. The lowest BCUT2D eigenvalue weighted by Gasteiger charge is -2.32. The van der Waals surface area contributed by atoms with E-state index in [4.69, 9.17) is 9.84 Å². The number of aliphatic carboxylic acids is 1. The van der Waals surface area contributed by atoms with E-state index in [0.29, 0.717) is 13.1 Å². The van der Waals surface area contributed by atoms with Gasteiger partial charge in [-0.05, 0) is 25.7 Å². The predicted molar refractivity (Wildman–Crippen MR) is 66.6 cm³/mol. The lowest BCUT2D eigenvalue weighted by Crippen LogP contribution is -2.47. The van der Waals surface area contributed by atoms with Crippen molar-refractivity contribution < 1.29 is 24.2 Å². The molecule has 7 nitrogen and oxygen atoms in total. The first-order chi connectivity index (χ1) is 9.02. The molecule has 0 bridgehead atoms. The number of hydrogen-bond acceptors (Lipinski definition) is 4. The molecular formula is C12H20N2O5. The zero-order chi connectivity index (χ0) is 14.3. The summed E-state index contributed by atoms with van der Waals surface area (Å²) in [6.07, 6.45) is 1.67. The zero-order valence-corrected chi connectivity index (χ0v) is 11.1. The molecule has 0 aromatic heterocycles. The largest absolute Gasteiger partial charge is 0.481 e. The monoisotopic (exact) mass is 272 g/mol. The van der Waals surface area contributed by atoms with Gasteiger partial charge in [0.05, 0.1) is 6.61 Å². The van der Waals surface area contributed by atoms with Gasteiger partial charge in [-0.1, -0.05) is 0 Å². The molecule has 0 radical (unpaired) electrons. The van der Waals surface area contributed by atoms with E-state index in [2.05, 4.69) is 5.32 Å². The minimum absolute atomic E-state index is 0.0143. The van der Waals surface area contributed by atoms with Gasteiger partial charge in [0.15, 0.2) is 0 Å². The Morgan fingerprint density at radius 1 is 1.42 bits per heavy atom. The number of carbonyl (C=O) groups excluding carboxylic acids is 2. The Balaban J connectivity index is 2.35.